The summed E-state index contributed by atoms with van der Waals surface area (Å²) in [4.78, 5) is 12.1. The van der Waals surface area contributed by atoms with Crippen molar-refractivity contribution in [1.29, 1.82) is 0 Å². The number of nitrogens with one attached hydrogen (secondary N) is 2. The fourth-order valence-corrected chi connectivity index (χ4v) is 3.65. The Balaban J connectivity index is 1.66. The van der Waals surface area contributed by atoms with E-state index in [1.165, 1.54) is 42.5 Å². The molecule has 5 nitrogen and oxygen atoms in total. The number of halogens is 2. The smallest absolute Gasteiger partial charge is 0.261 e. The molecule has 0 saturated carbocycles. The second-order valence-electron chi connectivity index (χ2n) is 5.96. The molecule has 3 aromatic rings. The maximum absolute atomic E-state index is 13.7. The van der Waals surface area contributed by atoms with E-state index < -0.39 is 15.8 Å². The van der Waals surface area contributed by atoms with Gasteiger partial charge in [0.1, 0.15) is 5.82 Å². The second-order valence-corrected chi connectivity index (χ2v) is 8.08. The number of rotatable bonds is 6. The van der Waals surface area contributed by atoms with Crippen molar-refractivity contribution in [2.45, 2.75) is 11.3 Å². The van der Waals surface area contributed by atoms with E-state index in [2.05, 4.69) is 10.0 Å². The van der Waals surface area contributed by atoms with Gasteiger partial charge in [-0.2, -0.15) is 0 Å². The summed E-state index contributed by atoms with van der Waals surface area (Å²) in [5, 5.41) is 3.28. The van der Waals surface area contributed by atoms with Crippen molar-refractivity contribution < 1.29 is 17.6 Å². The largest absolute Gasteiger partial charge is 0.326 e. The van der Waals surface area contributed by atoms with Gasteiger partial charge in [0.05, 0.1) is 17.0 Å². The highest BCUT2D eigenvalue weighted by molar-refractivity contribution is 7.92. The van der Waals surface area contributed by atoms with E-state index in [4.69, 9.17) is 11.6 Å². The van der Waals surface area contributed by atoms with E-state index in [0.29, 0.717) is 10.7 Å². The maximum atomic E-state index is 13.7. The molecule has 0 saturated heterocycles. The highest BCUT2D eigenvalue weighted by atomic mass is 35.5. The Morgan fingerprint density at radius 1 is 0.929 bits per heavy atom. The van der Waals surface area contributed by atoms with Crippen molar-refractivity contribution in [3.8, 4) is 0 Å². The molecule has 0 atom stereocenters. The number of amides is 1. The summed E-state index contributed by atoms with van der Waals surface area (Å²) in [6.45, 7) is 0. The van der Waals surface area contributed by atoms with Crippen LogP contribution in [0.15, 0.2) is 77.7 Å². The van der Waals surface area contributed by atoms with E-state index in [1.54, 1.807) is 24.3 Å². The van der Waals surface area contributed by atoms with Gasteiger partial charge in [0.25, 0.3) is 10.0 Å². The molecule has 0 unspecified atom stereocenters. The van der Waals surface area contributed by atoms with Gasteiger partial charge in [0, 0.05) is 10.7 Å². The van der Waals surface area contributed by atoms with Gasteiger partial charge >= 0.3 is 0 Å². The summed E-state index contributed by atoms with van der Waals surface area (Å²) in [5.74, 6) is -0.917. The Bertz CT molecular complexity index is 1090. The number of sulfonamides is 1. The standard InChI is InChI=1S/C20H16ClFN2O3S/c21-15-7-5-14(6-8-15)13-20(25)23-16-9-11-17(12-10-16)28(26,27)24-19-4-2-1-3-18(19)22/h1-12,24H,13H2,(H,23,25). The molecule has 0 aliphatic carbocycles. The number of carbonyl (C=O) groups is 1. The zero-order valence-electron chi connectivity index (χ0n) is 14.5. The van der Waals surface area contributed by atoms with Crippen LogP contribution >= 0.6 is 11.6 Å². The van der Waals surface area contributed by atoms with Crippen molar-refractivity contribution in [3.05, 3.63) is 89.2 Å². The average Bonchev–Trinajstić information content (AvgIpc) is 2.66. The van der Waals surface area contributed by atoms with Gasteiger partial charge in [-0.1, -0.05) is 35.9 Å². The third-order valence-corrected chi connectivity index (χ3v) is 5.48. The molecule has 0 aliphatic heterocycles. The summed E-state index contributed by atoms with van der Waals surface area (Å²) in [6, 6.07) is 18.0. The van der Waals surface area contributed by atoms with Crippen molar-refractivity contribution in [1.82, 2.24) is 0 Å². The van der Waals surface area contributed by atoms with Gasteiger partial charge in [-0.15, -0.1) is 0 Å². The molecule has 0 fully saturated rings. The zero-order valence-corrected chi connectivity index (χ0v) is 16.1. The molecular formula is C20H16ClFN2O3S. The third kappa shape index (κ3) is 5.09. The van der Waals surface area contributed by atoms with Gasteiger partial charge < -0.3 is 5.32 Å². The molecule has 0 heterocycles. The Morgan fingerprint density at radius 3 is 2.21 bits per heavy atom. The molecule has 3 rings (SSSR count). The first-order valence-electron chi connectivity index (χ1n) is 8.25. The number of para-hydroxylation sites is 1. The van der Waals surface area contributed by atoms with Crippen LogP contribution in [0.25, 0.3) is 0 Å². The van der Waals surface area contributed by atoms with E-state index in [9.17, 15) is 17.6 Å². The van der Waals surface area contributed by atoms with Crippen LogP contribution in [0.1, 0.15) is 5.56 Å². The molecule has 1 amide bonds. The second kappa shape index (κ2) is 8.41. The molecular weight excluding hydrogens is 403 g/mol. The first-order valence-corrected chi connectivity index (χ1v) is 10.1. The van der Waals surface area contributed by atoms with E-state index in [-0.39, 0.29) is 22.9 Å². The fourth-order valence-electron chi connectivity index (χ4n) is 2.46. The first-order chi connectivity index (χ1) is 13.3. The summed E-state index contributed by atoms with van der Waals surface area (Å²) in [5.41, 5.74) is 1.11. The Morgan fingerprint density at radius 2 is 1.57 bits per heavy atom. The molecule has 3 aromatic carbocycles. The number of benzene rings is 3. The lowest BCUT2D eigenvalue weighted by molar-refractivity contribution is -0.115. The number of hydrogen-bond donors (Lipinski definition) is 2. The van der Waals surface area contributed by atoms with Gasteiger partial charge in [-0.25, -0.2) is 12.8 Å². The predicted octanol–water partition coefficient (Wildman–Crippen LogP) is 4.46. The van der Waals surface area contributed by atoms with Crippen LogP contribution in [0.2, 0.25) is 5.02 Å². The summed E-state index contributed by atoms with van der Waals surface area (Å²) in [6.07, 6.45) is 0.159. The van der Waals surface area contributed by atoms with Gasteiger partial charge in [0.15, 0.2) is 0 Å². The molecule has 2 N–H and O–H groups in total. The normalized spacial score (nSPS) is 11.1. The molecule has 0 aliphatic rings. The lowest BCUT2D eigenvalue weighted by Gasteiger charge is -2.10. The topological polar surface area (TPSA) is 75.3 Å². The van der Waals surface area contributed by atoms with Crippen LogP contribution in [0.4, 0.5) is 15.8 Å². The van der Waals surface area contributed by atoms with Gasteiger partial charge in [-0.05, 0) is 54.1 Å². The third-order valence-electron chi connectivity index (χ3n) is 3.84. The number of anilines is 2. The Labute approximate surface area is 167 Å². The van der Waals surface area contributed by atoms with Crippen LogP contribution in [0, 0.1) is 5.82 Å². The molecule has 28 heavy (non-hydrogen) atoms. The highest BCUT2D eigenvalue weighted by Gasteiger charge is 2.16. The van der Waals surface area contributed by atoms with Crippen LogP contribution in [-0.2, 0) is 21.2 Å². The van der Waals surface area contributed by atoms with Gasteiger partial charge in [-0.3, -0.25) is 9.52 Å². The summed E-state index contributed by atoms with van der Waals surface area (Å²) < 4.78 is 40.6. The van der Waals surface area contributed by atoms with E-state index in [1.807, 2.05) is 0 Å². The fraction of sp³-hybridized carbons (Fsp3) is 0.0500. The molecule has 0 aromatic heterocycles. The van der Waals surface area contributed by atoms with Crippen LogP contribution in [0.5, 0.6) is 0 Å². The quantitative estimate of drug-likeness (QED) is 0.620. The lowest BCUT2D eigenvalue weighted by atomic mass is 10.1. The van der Waals surface area contributed by atoms with E-state index in [0.717, 1.165) is 11.6 Å². The minimum Gasteiger partial charge on any atom is -0.326 e. The van der Waals surface area contributed by atoms with Crippen LogP contribution in [0.3, 0.4) is 0 Å². The monoisotopic (exact) mass is 418 g/mol. The van der Waals surface area contributed by atoms with Crippen molar-refractivity contribution >= 4 is 38.9 Å². The molecule has 0 spiro atoms. The first kappa shape index (κ1) is 19.9. The van der Waals surface area contributed by atoms with Gasteiger partial charge in [0.2, 0.25) is 5.91 Å². The van der Waals surface area contributed by atoms with Crippen molar-refractivity contribution in [3.63, 3.8) is 0 Å². The maximum Gasteiger partial charge on any atom is 0.261 e. The minimum atomic E-state index is -3.95. The number of hydrogen-bond acceptors (Lipinski definition) is 3. The Kier molecular flexibility index (Phi) is 5.96. The zero-order chi connectivity index (χ0) is 20.1. The SMILES string of the molecule is O=C(Cc1ccc(Cl)cc1)Nc1ccc(S(=O)(=O)Nc2ccccc2F)cc1. The number of carbonyl (C=O) groups excluding carboxylic acids is 1. The molecule has 0 bridgehead atoms. The summed E-state index contributed by atoms with van der Waals surface area (Å²) in [7, 11) is -3.95. The molecule has 0 radical (unpaired) electrons. The molecule has 144 valence electrons. The van der Waals surface area contributed by atoms with Crippen LogP contribution < -0.4 is 10.0 Å². The summed E-state index contributed by atoms with van der Waals surface area (Å²) >= 11 is 5.81. The van der Waals surface area contributed by atoms with Crippen LogP contribution in [-0.4, -0.2) is 14.3 Å². The minimum absolute atomic E-state index is 0.0496. The Hall–Kier alpha value is -2.90. The van der Waals surface area contributed by atoms with Crippen molar-refractivity contribution in [2.24, 2.45) is 0 Å². The predicted molar refractivity (Wildman–Crippen MR) is 107 cm³/mol. The van der Waals surface area contributed by atoms with E-state index >= 15 is 0 Å². The van der Waals surface area contributed by atoms with Crippen molar-refractivity contribution in [2.75, 3.05) is 10.0 Å². The average molecular weight is 419 g/mol. The molecule has 8 heteroatoms. The lowest BCUT2D eigenvalue weighted by Crippen LogP contribution is -2.15. The highest BCUT2D eigenvalue weighted by Crippen LogP contribution is 2.20.